The number of aliphatic carboxylic acids is 1. The Labute approximate surface area is 106 Å². The van der Waals surface area contributed by atoms with Crippen LogP contribution >= 0.6 is 0 Å². The maximum Gasteiger partial charge on any atom is 0.349 e. The van der Waals surface area contributed by atoms with E-state index in [2.05, 4.69) is 4.84 Å². The Hall–Kier alpha value is -2.67. The van der Waals surface area contributed by atoms with Gasteiger partial charge in [-0.25, -0.2) is 15.1 Å². The molecule has 2 rings (SSSR count). The van der Waals surface area contributed by atoms with Gasteiger partial charge < -0.3 is 9.52 Å². The van der Waals surface area contributed by atoms with E-state index in [0.717, 1.165) is 0 Å². The molecule has 0 bridgehead atoms. The SMILES string of the molecule is O=C(O)CONC(=O)c1cc2ccccc2oc1=O. The molecule has 0 saturated carbocycles. The predicted molar refractivity (Wildman–Crippen MR) is 63.5 cm³/mol. The lowest BCUT2D eigenvalue weighted by atomic mass is 10.2. The number of benzene rings is 1. The van der Waals surface area contributed by atoms with Crippen molar-refractivity contribution in [2.75, 3.05) is 6.61 Å². The van der Waals surface area contributed by atoms with Crippen molar-refractivity contribution in [3.63, 3.8) is 0 Å². The lowest BCUT2D eigenvalue weighted by Gasteiger charge is -2.03. The van der Waals surface area contributed by atoms with Gasteiger partial charge >= 0.3 is 11.6 Å². The number of para-hydroxylation sites is 1. The summed E-state index contributed by atoms with van der Waals surface area (Å²) in [4.78, 5) is 37.8. The molecule has 0 aliphatic rings. The Morgan fingerprint density at radius 1 is 1.32 bits per heavy atom. The summed E-state index contributed by atoms with van der Waals surface area (Å²) in [6, 6.07) is 8.04. The summed E-state index contributed by atoms with van der Waals surface area (Å²) >= 11 is 0. The lowest BCUT2D eigenvalue weighted by molar-refractivity contribution is -0.144. The van der Waals surface area contributed by atoms with Crippen molar-refractivity contribution in [3.05, 3.63) is 46.3 Å². The molecule has 0 aliphatic carbocycles. The summed E-state index contributed by atoms with van der Waals surface area (Å²) in [6.07, 6.45) is 0. The number of carbonyl (C=O) groups excluding carboxylic acids is 1. The molecule has 0 saturated heterocycles. The maximum atomic E-state index is 11.6. The summed E-state index contributed by atoms with van der Waals surface area (Å²) < 4.78 is 4.95. The van der Waals surface area contributed by atoms with Gasteiger partial charge in [-0.3, -0.25) is 9.63 Å². The second kappa shape index (κ2) is 5.32. The second-order valence-electron chi connectivity index (χ2n) is 3.60. The van der Waals surface area contributed by atoms with Gasteiger partial charge in [-0.05, 0) is 12.1 Å². The first kappa shape index (κ1) is 12.8. The Balaban J connectivity index is 2.24. The first-order valence-electron chi connectivity index (χ1n) is 5.25. The van der Waals surface area contributed by atoms with Crippen LogP contribution < -0.4 is 11.1 Å². The molecular weight excluding hydrogens is 254 g/mol. The topological polar surface area (TPSA) is 106 Å². The molecule has 98 valence electrons. The number of hydroxylamine groups is 1. The van der Waals surface area contributed by atoms with Gasteiger partial charge in [0.15, 0.2) is 6.61 Å². The van der Waals surface area contributed by atoms with Crippen LogP contribution in [-0.2, 0) is 9.63 Å². The summed E-state index contributed by atoms with van der Waals surface area (Å²) in [6.45, 7) is -0.704. The largest absolute Gasteiger partial charge is 0.479 e. The maximum absolute atomic E-state index is 11.6. The molecule has 0 spiro atoms. The van der Waals surface area contributed by atoms with Gasteiger partial charge in [0.05, 0.1) is 0 Å². The average molecular weight is 263 g/mol. The van der Waals surface area contributed by atoms with E-state index >= 15 is 0 Å². The van der Waals surface area contributed by atoms with Crippen LogP contribution in [0, 0.1) is 0 Å². The van der Waals surface area contributed by atoms with Gasteiger partial charge in [0.1, 0.15) is 11.1 Å². The number of hydrogen-bond donors (Lipinski definition) is 2. The number of hydrogen-bond acceptors (Lipinski definition) is 5. The van der Waals surface area contributed by atoms with E-state index in [1.165, 1.54) is 6.07 Å². The third kappa shape index (κ3) is 2.96. The predicted octanol–water partition coefficient (Wildman–Crippen LogP) is 0.539. The number of carbonyl (C=O) groups is 2. The zero-order valence-electron chi connectivity index (χ0n) is 9.58. The van der Waals surface area contributed by atoms with E-state index in [4.69, 9.17) is 9.52 Å². The molecule has 1 aromatic heterocycles. The van der Waals surface area contributed by atoms with Crippen molar-refractivity contribution < 1.29 is 24.0 Å². The number of carboxylic acid groups (broad SMARTS) is 1. The van der Waals surface area contributed by atoms with Crippen molar-refractivity contribution in [3.8, 4) is 0 Å². The smallest absolute Gasteiger partial charge is 0.349 e. The highest BCUT2D eigenvalue weighted by atomic mass is 16.7. The minimum atomic E-state index is -1.24. The molecule has 0 atom stereocenters. The quantitative estimate of drug-likeness (QED) is 0.616. The number of fused-ring (bicyclic) bond motifs is 1. The minimum absolute atomic E-state index is 0.260. The first-order valence-corrected chi connectivity index (χ1v) is 5.25. The van der Waals surface area contributed by atoms with Crippen molar-refractivity contribution in [1.29, 1.82) is 0 Å². The highest BCUT2D eigenvalue weighted by Gasteiger charge is 2.14. The number of nitrogens with one attached hydrogen (secondary N) is 1. The summed E-state index contributed by atoms with van der Waals surface area (Å²) in [5.41, 5.74) is 1.13. The molecule has 2 N–H and O–H groups in total. The number of carboxylic acids is 1. The molecule has 19 heavy (non-hydrogen) atoms. The molecule has 1 aromatic carbocycles. The van der Waals surface area contributed by atoms with Gasteiger partial charge in [0.25, 0.3) is 5.91 Å². The van der Waals surface area contributed by atoms with Crippen molar-refractivity contribution in [2.24, 2.45) is 0 Å². The van der Waals surface area contributed by atoms with Crippen LogP contribution in [0.25, 0.3) is 11.0 Å². The van der Waals surface area contributed by atoms with Crippen molar-refractivity contribution in [2.45, 2.75) is 0 Å². The zero-order chi connectivity index (χ0) is 13.8. The fourth-order valence-electron chi connectivity index (χ4n) is 1.44. The summed E-state index contributed by atoms with van der Waals surface area (Å²) in [7, 11) is 0. The summed E-state index contributed by atoms with van der Waals surface area (Å²) in [5, 5.41) is 8.91. The van der Waals surface area contributed by atoms with Crippen LogP contribution in [0.2, 0.25) is 0 Å². The van der Waals surface area contributed by atoms with Crippen LogP contribution in [0.5, 0.6) is 0 Å². The van der Waals surface area contributed by atoms with E-state index in [1.807, 2.05) is 5.48 Å². The highest BCUT2D eigenvalue weighted by molar-refractivity contribution is 5.96. The van der Waals surface area contributed by atoms with Crippen LogP contribution in [0.15, 0.2) is 39.5 Å². The van der Waals surface area contributed by atoms with E-state index in [0.29, 0.717) is 11.0 Å². The molecule has 0 fully saturated rings. The highest BCUT2D eigenvalue weighted by Crippen LogP contribution is 2.12. The lowest BCUT2D eigenvalue weighted by Crippen LogP contribution is -2.30. The molecule has 7 heteroatoms. The number of rotatable bonds is 4. The zero-order valence-corrected chi connectivity index (χ0v) is 9.58. The Bertz CT molecular complexity index is 690. The standard InChI is InChI=1S/C12H9NO6/c14-10(15)6-18-13-11(16)8-5-7-3-1-2-4-9(7)19-12(8)17/h1-5H,6H2,(H,13,16)(H,14,15). The van der Waals surface area contributed by atoms with Gasteiger partial charge in [-0.1, -0.05) is 18.2 Å². The minimum Gasteiger partial charge on any atom is -0.479 e. The van der Waals surface area contributed by atoms with Crippen LogP contribution in [0.1, 0.15) is 10.4 Å². The van der Waals surface area contributed by atoms with Gasteiger partial charge in [-0.2, -0.15) is 0 Å². The van der Waals surface area contributed by atoms with E-state index in [1.54, 1.807) is 24.3 Å². The normalized spacial score (nSPS) is 10.3. The first-order chi connectivity index (χ1) is 9.08. The van der Waals surface area contributed by atoms with E-state index in [-0.39, 0.29) is 5.56 Å². The van der Waals surface area contributed by atoms with Crippen molar-refractivity contribution in [1.82, 2.24) is 5.48 Å². The fraction of sp³-hybridized carbons (Fsp3) is 0.0833. The molecule has 0 unspecified atom stereocenters. The third-order valence-electron chi connectivity index (χ3n) is 2.25. The molecule has 1 amide bonds. The Morgan fingerprint density at radius 3 is 2.79 bits per heavy atom. The molecule has 0 radical (unpaired) electrons. The van der Waals surface area contributed by atoms with Gasteiger partial charge in [0.2, 0.25) is 0 Å². The average Bonchev–Trinajstić information content (AvgIpc) is 2.37. The molecular formula is C12H9NO6. The summed E-state index contributed by atoms with van der Waals surface area (Å²) in [5.74, 6) is -2.11. The molecule has 7 nitrogen and oxygen atoms in total. The van der Waals surface area contributed by atoms with Gasteiger partial charge in [-0.15, -0.1) is 0 Å². The van der Waals surface area contributed by atoms with Crippen LogP contribution in [-0.4, -0.2) is 23.6 Å². The van der Waals surface area contributed by atoms with Crippen LogP contribution in [0.4, 0.5) is 0 Å². The molecule has 0 aliphatic heterocycles. The third-order valence-corrected chi connectivity index (χ3v) is 2.25. The van der Waals surface area contributed by atoms with E-state index in [9.17, 15) is 14.4 Å². The fourth-order valence-corrected chi connectivity index (χ4v) is 1.44. The monoisotopic (exact) mass is 263 g/mol. The van der Waals surface area contributed by atoms with Gasteiger partial charge in [0, 0.05) is 5.39 Å². The van der Waals surface area contributed by atoms with Crippen LogP contribution in [0.3, 0.4) is 0 Å². The molecule has 1 heterocycles. The van der Waals surface area contributed by atoms with E-state index < -0.39 is 24.1 Å². The molecule has 2 aromatic rings. The number of amides is 1. The Kier molecular flexibility index (Phi) is 3.58. The second-order valence-corrected chi connectivity index (χ2v) is 3.60. The van der Waals surface area contributed by atoms with Crippen molar-refractivity contribution >= 4 is 22.8 Å². The Morgan fingerprint density at radius 2 is 2.05 bits per heavy atom.